The molecular formula is C21H29NO11. The molecular weight excluding hydrogens is 442 g/mol. The lowest BCUT2D eigenvalue weighted by atomic mass is 10.1. The SMILES string of the molecule is CCC(C)OC(=O)OCCN[C@@H](Cc1ccc(OC(=O)OC)c(OC(=O)OC)c1)C(=O)OC. The number of carbonyl (C=O) groups is 4. The lowest BCUT2D eigenvalue weighted by Crippen LogP contribution is -2.41. The summed E-state index contributed by atoms with van der Waals surface area (Å²) in [5.41, 5.74) is 0.533. The second-order valence-electron chi connectivity index (χ2n) is 6.56. The molecule has 0 aromatic heterocycles. The Kier molecular flexibility index (Phi) is 12.1. The van der Waals surface area contributed by atoms with Crippen LogP contribution in [0.5, 0.6) is 11.5 Å². The van der Waals surface area contributed by atoms with Gasteiger partial charge in [-0.25, -0.2) is 14.4 Å². The van der Waals surface area contributed by atoms with Crippen LogP contribution in [-0.4, -0.2) is 71.1 Å². The average Bonchev–Trinajstić information content (AvgIpc) is 2.81. The summed E-state index contributed by atoms with van der Waals surface area (Å²) in [5, 5.41) is 2.92. The van der Waals surface area contributed by atoms with Crippen LogP contribution in [-0.2, 0) is 34.9 Å². The summed E-state index contributed by atoms with van der Waals surface area (Å²) in [6.45, 7) is 3.72. The van der Waals surface area contributed by atoms with Crippen molar-refractivity contribution in [2.24, 2.45) is 0 Å². The van der Waals surface area contributed by atoms with Crippen molar-refractivity contribution >= 4 is 24.4 Å². The van der Waals surface area contributed by atoms with E-state index in [1.807, 2.05) is 6.92 Å². The predicted molar refractivity (Wildman–Crippen MR) is 112 cm³/mol. The molecule has 0 saturated carbocycles. The Bertz CT molecular complexity index is 811. The molecule has 0 bridgehead atoms. The molecule has 0 spiro atoms. The van der Waals surface area contributed by atoms with Gasteiger partial charge in [0.1, 0.15) is 18.8 Å². The molecule has 1 aromatic rings. The van der Waals surface area contributed by atoms with Gasteiger partial charge in [0.05, 0.1) is 21.3 Å². The molecule has 12 heteroatoms. The van der Waals surface area contributed by atoms with Crippen LogP contribution in [0, 0.1) is 0 Å². The molecule has 0 radical (unpaired) electrons. The van der Waals surface area contributed by atoms with Gasteiger partial charge in [0.2, 0.25) is 0 Å². The fourth-order valence-corrected chi connectivity index (χ4v) is 2.37. The van der Waals surface area contributed by atoms with Gasteiger partial charge in [-0.05, 0) is 37.5 Å². The van der Waals surface area contributed by atoms with Crippen molar-refractivity contribution in [3.05, 3.63) is 23.8 Å². The maximum atomic E-state index is 12.2. The summed E-state index contributed by atoms with van der Waals surface area (Å²) in [4.78, 5) is 46.7. The van der Waals surface area contributed by atoms with E-state index >= 15 is 0 Å². The fourth-order valence-electron chi connectivity index (χ4n) is 2.37. The molecule has 0 aliphatic rings. The molecule has 12 nitrogen and oxygen atoms in total. The molecule has 1 N–H and O–H groups in total. The first-order valence-electron chi connectivity index (χ1n) is 10.0. The number of rotatable bonds is 11. The molecule has 0 aliphatic carbocycles. The van der Waals surface area contributed by atoms with E-state index in [2.05, 4.69) is 14.8 Å². The van der Waals surface area contributed by atoms with E-state index in [9.17, 15) is 19.2 Å². The third kappa shape index (κ3) is 10.1. The molecule has 1 aromatic carbocycles. The molecule has 2 atom stereocenters. The zero-order valence-corrected chi connectivity index (χ0v) is 19.2. The summed E-state index contributed by atoms with van der Waals surface area (Å²) < 4.78 is 33.6. The van der Waals surface area contributed by atoms with E-state index < -0.39 is 30.5 Å². The van der Waals surface area contributed by atoms with Gasteiger partial charge in [0, 0.05) is 6.54 Å². The van der Waals surface area contributed by atoms with Crippen molar-refractivity contribution in [3.8, 4) is 11.5 Å². The second kappa shape index (κ2) is 14.5. The Hall–Kier alpha value is -3.54. The number of ether oxygens (including phenoxy) is 7. The van der Waals surface area contributed by atoms with E-state index in [4.69, 9.17) is 23.7 Å². The van der Waals surface area contributed by atoms with Crippen LogP contribution >= 0.6 is 0 Å². The number of benzene rings is 1. The molecule has 0 aliphatic heterocycles. The van der Waals surface area contributed by atoms with Crippen LogP contribution in [0.4, 0.5) is 14.4 Å². The summed E-state index contributed by atoms with van der Waals surface area (Å²) >= 11 is 0. The smallest absolute Gasteiger partial charge is 0.468 e. The number of methoxy groups -OCH3 is 3. The van der Waals surface area contributed by atoms with Gasteiger partial charge in [-0.2, -0.15) is 0 Å². The molecule has 33 heavy (non-hydrogen) atoms. The van der Waals surface area contributed by atoms with Crippen LogP contribution in [0.1, 0.15) is 25.8 Å². The van der Waals surface area contributed by atoms with Gasteiger partial charge < -0.3 is 38.5 Å². The van der Waals surface area contributed by atoms with Crippen molar-refractivity contribution in [3.63, 3.8) is 0 Å². The van der Waals surface area contributed by atoms with Crippen LogP contribution < -0.4 is 14.8 Å². The molecule has 184 valence electrons. The van der Waals surface area contributed by atoms with E-state index in [1.54, 1.807) is 13.0 Å². The molecule has 1 unspecified atom stereocenters. The lowest BCUT2D eigenvalue weighted by Gasteiger charge is -2.18. The number of esters is 1. The summed E-state index contributed by atoms with van der Waals surface area (Å²) in [6, 6.07) is 3.50. The first-order valence-corrected chi connectivity index (χ1v) is 10.0. The minimum atomic E-state index is -1.04. The maximum Gasteiger partial charge on any atom is 0.513 e. The van der Waals surface area contributed by atoms with E-state index in [0.29, 0.717) is 12.0 Å². The molecule has 1 rings (SSSR count). The highest BCUT2D eigenvalue weighted by Crippen LogP contribution is 2.30. The summed E-state index contributed by atoms with van der Waals surface area (Å²) in [7, 11) is 3.47. The van der Waals surface area contributed by atoms with Gasteiger partial charge in [-0.1, -0.05) is 13.0 Å². The van der Waals surface area contributed by atoms with Gasteiger partial charge in [-0.3, -0.25) is 4.79 Å². The molecule has 0 heterocycles. The standard InChI is InChI=1S/C21H29NO11/c1-6-13(2)31-21(26)30-10-9-22-15(18(23)27-3)11-14-7-8-16(32-19(24)28-4)17(12-14)33-20(25)29-5/h7-8,12-13,15,22H,6,9-11H2,1-5H3/t13?,15-/m0/s1. The molecule has 0 amide bonds. The Morgan fingerprint density at radius 1 is 0.909 bits per heavy atom. The van der Waals surface area contributed by atoms with Crippen molar-refractivity contribution in [2.45, 2.75) is 38.8 Å². The number of hydrogen-bond acceptors (Lipinski definition) is 12. The normalized spacial score (nSPS) is 12.0. The van der Waals surface area contributed by atoms with Crippen molar-refractivity contribution in [2.75, 3.05) is 34.5 Å². The van der Waals surface area contributed by atoms with Crippen molar-refractivity contribution in [1.82, 2.24) is 5.32 Å². The minimum absolute atomic E-state index is 0.0363. The van der Waals surface area contributed by atoms with Crippen molar-refractivity contribution in [1.29, 1.82) is 0 Å². The quantitative estimate of drug-likeness (QED) is 0.219. The fraction of sp³-hybridized carbons (Fsp3) is 0.524. The highest BCUT2D eigenvalue weighted by atomic mass is 16.7. The summed E-state index contributed by atoms with van der Waals surface area (Å²) in [5.74, 6) is -0.779. The first-order chi connectivity index (χ1) is 15.7. The third-order valence-corrected chi connectivity index (χ3v) is 4.24. The van der Waals surface area contributed by atoms with E-state index in [-0.39, 0.29) is 37.2 Å². The minimum Gasteiger partial charge on any atom is -0.468 e. The predicted octanol–water partition coefficient (Wildman–Crippen LogP) is 2.60. The van der Waals surface area contributed by atoms with Crippen LogP contribution in [0.3, 0.4) is 0 Å². The van der Waals surface area contributed by atoms with Crippen LogP contribution in [0.25, 0.3) is 0 Å². The zero-order valence-electron chi connectivity index (χ0n) is 19.2. The Labute approximate surface area is 191 Å². The van der Waals surface area contributed by atoms with Crippen molar-refractivity contribution < 1.29 is 52.3 Å². The Morgan fingerprint density at radius 3 is 2.12 bits per heavy atom. The largest absolute Gasteiger partial charge is 0.513 e. The van der Waals surface area contributed by atoms with E-state index in [0.717, 1.165) is 14.2 Å². The highest BCUT2D eigenvalue weighted by molar-refractivity contribution is 5.76. The topological polar surface area (TPSA) is 145 Å². The van der Waals surface area contributed by atoms with Gasteiger partial charge in [0.25, 0.3) is 0 Å². The second-order valence-corrected chi connectivity index (χ2v) is 6.56. The van der Waals surface area contributed by atoms with Crippen LogP contribution in [0.15, 0.2) is 18.2 Å². The van der Waals surface area contributed by atoms with E-state index in [1.165, 1.54) is 19.2 Å². The monoisotopic (exact) mass is 471 g/mol. The first kappa shape index (κ1) is 27.5. The zero-order chi connectivity index (χ0) is 24.8. The van der Waals surface area contributed by atoms with Gasteiger partial charge in [-0.15, -0.1) is 0 Å². The Balaban J connectivity index is 2.85. The summed E-state index contributed by atoms with van der Waals surface area (Å²) in [6.07, 6.45) is -2.35. The average molecular weight is 471 g/mol. The maximum absolute atomic E-state index is 12.2. The number of carbonyl (C=O) groups excluding carboxylic acids is 4. The molecule has 0 saturated heterocycles. The molecule has 0 fully saturated rings. The van der Waals surface area contributed by atoms with Gasteiger partial charge >= 0.3 is 24.4 Å². The Morgan fingerprint density at radius 2 is 1.55 bits per heavy atom. The third-order valence-electron chi connectivity index (χ3n) is 4.24. The van der Waals surface area contributed by atoms with Crippen LogP contribution in [0.2, 0.25) is 0 Å². The lowest BCUT2D eigenvalue weighted by molar-refractivity contribution is -0.143. The van der Waals surface area contributed by atoms with Gasteiger partial charge in [0.15, 0.2) is 11.5 Å². The number of nitrogens with one attached hydrogen (secondary N) is 1. The highest BCUT2D eigenvalue weighted by Gasteiger charge is 2.22. The number of hydrogen-bond donors (Lipinski definition) is 1.